The Morgan fingerprint density at radius 3 is 1.71 bits per heavy atom. The lowest BCUT2D eigenvalue weighted by molar-refractivity contribution is 0.670. The summed E-state index contributed by atoms with van der Waals surface area (Å²) in [5, 5.41) is 6.45. The van der Waals surface area contributed by atoms with Gasteiger partial charge in [-0.2, -0.15) is 0 Å². The van der Waals surface area contributed by atoms with Crippen molar-refractivity contribution in [2.75, 3.05) is 4.90 Å². The first kappa shape index (κ1) is 33.1. The standard InChI is InChI=1S/C63H41NO/c1-3-17-45(18-4-1)63(46-19-5-2-6-20-46)59-28-13-11-24-54(59)55-39-38-49(41-60(55)63)64(47-34-30-42(31-35-47)51-26-15-27-57-56-25-12-14-29-61(56)65-62(51)57)48-36-32-43(33-37-48)58-40-44-16-7-8-21-50(44)52-22-9-10-23-53(52)58/h1-41H/i30D,31D,34D,35D. The van der Waals surface area contributed by atoms with Crippen LogP contribution in [0.15, 0.2) is 253 Å². The van der Waals surface area contributed by atoms with Crippen molar-refractivity contribution in [3.63, 3.8) is 0 Å². The normalized spacial score (nSPS) is 13.6. The Morgan fingerprint density at radius 2 is 0.938 bits per heavy atom. The van der Waals surface area contributed by atoms with E-state index in [4.69, 9.17) is 4.42 Å². The van der Waals surface area contributed by atoms with Gasteiger partial charge in [-0.05, 0) is 120 Å². The van der Waals surface area contributed by atoms with Gasteiger partial charge >= 0.3 is 0 Å². The molecule has 0 N–H and O–H groups in total. The van der Waals surface area contributed by atoms with Crippen molar-refractivity contribution in [2.24, 2.45) is 0 Å². The van der Waals surface area contributed by atoms with Crippen LogP contribution >= 0.6 is 0 Å². The second-order valence-electron chi connectivity index (χ2n) is 16.8. The summed E-state index contributed by atoms with van der Waals surface area (Å²) in [5.74, 6) is 0. The van der Waals surface area contributed by atoms with Crippen LogP contribution in [0.1, 0.15) is 27.7 Å². The Balaban J connectivity index is 1.06. The van der Waals surface area contributed by atoms with Crippen LogP contribution in [-0.4, -0.2) is 0 Å². The number of rotatable bonds is 7. The quantitative estimate of drug-likeness (QED) is 0.149. The van der Waals surface area contributed by atoms with Gasteiger partial charge in [-0.25, -0.2) is 0 Å². The van der Waals surface area contributed by atoms with E-state index in [1.807, 2.05) is 71.6 Å². The van der Waals surface area contributed by atoms with Crippen molar-refractivity contribution < 1.29 is 9.90 Å². The van der Waals surface area contributed by atoms with Crippen molar-refractivity contribution in [3.05, 3.63) is 271 Å². The SMILES string of the molecule is [2H]c1c([2H])c(N(c2ccc(-c3cc4ccccc4c4ccccc34)cc2)c2ccc3c(c2)C(c2ccccc2)(c2ccccc2)c2ccccc2-3)c([2H])c([2H])c1-c1cccc2c1oc1ccccc12. The fourth-order valence-corrected chi connectivity index (χ4v) is 10.6. The zero-order chi connectivity index (χ0) is 46.4. The number of nitrogens with zero attached hydrogens (tertiary/aromatic N) is 1. The predicted octanol–water partition coefficient (Wildman–Crippen LogP) is 17.1. The van der Waals surface area contributed by atoms with E-state index in [0.29, 0.717) is 28.1 Å². The summed E-state index contributed by atoms with van der Waals surface area (Å²) < 4.78 is 45.8. The van der Waals surface area contributed by atoms with E-state index in [-0.39, 0.29) is 35.4 Å². The van der Waals surface area contributed by atoms with E-state index >= 15 is 0 Å². The average molecular weight is 832 g/mol. The van der Waals surface area contributed by atoms with Crippen molar-refractivity contribution in [3.8, 4) is 33.4 Å². The maximum absolute atomic E-state index is 9.95. The Labute approximate surface area is 383 Å². The highest BCUT2D eigenvalue weighted by atomic mass is 16.3. The van der Waals surface area contributed by atoms with Crippen LogP contribution in [0, 0.1) is 0 Å². The zero-order valence-corrected chi connectivity index (χ0v) is 35.2. The minimum absolute atomic E-state index is 0.148. The second kappa shape index (κ2) is 14.8. The van der Waals surface area contributed by atoms with E-state index in [0.717, 1.165) is 60.5 Å². The lowest BCUT2D eigenvalue weighted by Gasteiger charge is -2.35. The van der Waals surface area contributed by atoms with Crippen molar-refractivity contribution >= 4 is 60.5 Å². The number of hydrogen-bond acceptors (Lipinski definition) is 2. The summed E-state index contributed by atoms with van der Waals surface area (Å²) in [7, 11) is 0. The predicted molar refractivity (Wildman–Crippen MR) is 272 cm³/mol. The van der Waals surface area contributed by atoms with E-state index in [1.54, 1.807) is 0 Å². The van der Waals surface area contributed by atoms with Gasteiger partial charge in [0.05, 0.1) is 10.9 Å². The van der Waals surface area contributed by atoms with Gasteiger partial charge in [0, 0.05) is 33.4 Å². The first-order chi connectivity index (χ1) is 33.9. The molecule has 0 bridgehead atoms. The van der Waals surface area contributed by atoms with Gasteiger partial charge in [0.15, 0.2) is 0 Å². The van der Waals surface area contributed by atoms with E-state index in [9.17, 15) is 5.48 Å². The number of furan rings is 1. The number of fused-ring (bicyclic) bond motifs is 9. The minimum Gasteiger partial charge on any atom is -0.455 e. The van der Waals surface area contributed by atoms with Gasteiger partial charge in [-0.15, -0.1) is 0 Å². The molecule has 0 aliphatic heterocycles. The molecule has 0 unspecified atom stereocenters. The molecule has 2 nitrogen and oxygen atoms in total. The Kier molecular flexibility index (Phi) is 7.56. The zero-order valence-electron chi connectivity index (χ0n) is 39.2. The van der Waals surface area contributed by atoms with Gasteiger partial charge in [0.2, 0.25) is 0 Å². The molecule has 2 heteroatoms. The van der Waals surface area contributed by atoms with Crippen LogP contribution in [-0.2, 0) is 5.41 Å². The maximum Gasteiger partial charge on any atom is 0.143 e. The summed E-state index contributed by atoms with van der Waals surface area (Å²) in [6, 6.07) is 76.6. The molecular weight excluding hydrogens is 787 g/mol. The molecule has 1 heterocycles. The number of para-hydroxylation sites is 2. The highest BCUT2D eigenvalue weighted by Gasteiger charge is 2.46. The molecular formula is C63H41NO. The minimum atomic E-state index is -0.707. The van der Waals surface area contributed by atoms with Gasteiger partial charge in [0.25, 0.3) is 0 Å². The van der Waals surface area contributed by atoms with Gasteiger partial charge < -0.3 is 9.32 Å². The monoisotopic (exact) mass is 831 g/mol. The number of anilines is 3. The van der Waals surface area contributed by atoms with Crippen LogP contribution in [0.4, 0.5) is 17.1 Å². The third-order valence-corrected chi connectivity index (χ3v) is 13.4. The molecule has 65 heavy (non-hydrogen) atoms. The second-order valence-corrected chi connectivity index (χ2v) is 16.8. The van der Waals surface area contributed by atoms with Crippen LogP contribution in [0.5, 0.6) is 0 Å². The molecule has 11 aromatic carbocycles. The molecule has 1 aromatic heterocycles. The molecule has 0 fully saturated rings. The Morgan fingerprint density at radius 1 is 0.354 bits per heavy atom. The maximum atomic E-state index is 9.95. The van der Waals surface area contributed by atoms with E-state index < -0.39 is 5.41 Å². The van der Waals surface area contributed by atoms with E-state index in [2.05, 4.69) is 158 Å². The summed E-state index contributed by atoms with van der Waals surface area (Å²) in [4.78, 5) is 1.92. The molecule has 0 saturated heterocycles. The van der Waals surface area contributed by atoms with Crippen LogP contribution in [0.25, 0.3) is 76.9 Å². The highest BCUT2D eigenvalue weighted by Crippen LogP contribution is 2.57. The highest BCUT2D eigenvalue weighted by molar-refractivity contribution is 6.14. The van der Waals surface area contributed by atoms with Crippen molar-refractivity contribution in [1.82, 2.24) is 0 Å². The summed E-state index contributed by atoms with van der Waals surface area (Å²) >= 11 is 0. The first-order valence-corrected chi connectivity index (χ1v) is 22.1. The van der Waals surface area contributed by atoms with Crippen LogP contribution in [0.2, 0.25) is 0 Å². The Hall–Kier alpha value is -8.46. The summed E-state index contributed by atoms with van der Waals surface area (Å²) in [5.41, 5.74) is 11.6. The fraction of sp³-hybridized carbons (Fsp3) is 0.0159. The molecule has 1 aliphatic carbocycles. The molecule has 0 radical (unpaired) electrons. The van der Waals surface area contributed by atoms with Crippen molar-refractivity contribution in [1.29, 1.82) is 0 Å². The van der Waals surface area contributed by atoms with Gasteiger partial charge in [-0.3, -0.25) is 0 Å². The lowest BCUT2D eigenvalue weighted by Crippen LogP contribution is -2.28. The molecule has 0 atom stereocenters. The molecule has 0 saturated carbocycles. The molecule has 304 valence electrons. The number of hydrogen-bond donors (Lipinski definition) is 0. The van der Waals surface area contributed by atoms with E-state index in [1.165, 1.54) is 16.3 Å². The largest absolute Gasteiger partial charge is 0.455 e. The Bertz CT molecular complexity index is 3940. The molecule has 0 spiro atoms. The van der Waals surface area contributed by atoms with Crippen molar-refractivity contribution in [2.45, 2.75) is 5.41 Å². The topological polar surface area (TPSA) is 16.4 Å². The van der Waals surface area contributed by atoms with Gasteiger partial charge in [-0.1, -0.05) is 200 Å². The summed E-state index contributed by atoms with van der Waals surface area (Å²) in [6.07, 6.45) is 0. The van der Waals surface area contributed by atoms with Crippen LogP contribution < -0.4 is 4.90 Å². The fourth-order valence-electron chi connectivity index (χ4n) is 10.6. The van der Waals surface area contributed by atoms with Crippen LogP contribution in [0.3, 0.4) is 0 Å². The number of benzene rings is 11. The summed E-state index contributed by atoms with van der Waals surface area (Å²) in [6.45, 7) is 0. The molecule has 0 amide bonds. The van der Waals surface area contributed by atoms with Gasteiger partial charge in [0.1, 0.15) is 11.2 Å². The molecule has 12 aromatic rings. The molecule has 13 rings (SSSR count). The molecule has 1 aliphatic rings. The smallest absolute Gasteiger partial charge is 0.143 e. The third kappa shape index (κ3) is 5.74. The third-order valence-electron chi connectivity index (χ3n) is 13.4. The first-order valence-electron chi connectivity index (χ1n) is 24.1. The average Bonchev–Trinajstić information content (AvgIpc) is 3.94. The lowest BCUT2D eigenvalue weighted by atomic mass is 9.67.